The Hall–Kier alpha value is -0.300. The molecular formula is C15H30IN3O. The van der Waals surface area contributed by atoms with Gasteiger partial charge in [0.1, 0.15) is 0 Å². The van der Waals surface area contributed by atoms with Gasteiger partial charge in [-0.3, -0.25) is 4.99 Å². The molecule has 0 heterocycles. The number of guanidine groups is 1. The van der Waals surface area contributed by atoms with Crippen molar-refractivity contribution in [2.75, 3.05) is 26.2 Å². The molecule has 1 fully saturated rings. The molecule has 0 aromatic carbocycles. The van der Waals surface area contributed by atoms with Crippen LogP contribution in [0.1, 0.15) is 45.4 Å². The van der Waals surface area contributed by atoms with Crippen LogP contribution in [0.3, 0.4) is 0 Å². The summed E-state index contributed by atoms with van der Waals surface area (Å²) in [5.74, 6) is 0.840. The zero-order valence-corrected chi connectivity index (χ0v) is 15.0. The molecule has 20 heavy (non-hydrogen) atoms. The highest BCUT2D eigenvalue weighted by Gasteiger charge is 2.11. The number of nitrogens with zero attached hydrogens (tertiary/aromatic N) is 1. The Morgan fingerprint density at radius 1 is 1.25 bits per heavy atom. The van der Waals surface area contributed by atoms with Crippen LogP contribution in [0.25, 0.3) is 0 Å². The fraction of sp³-hybridized carbons (Fsp3) is 0.800. The average molecular weight is 395 g/mol. The maximum Gasteiger partial charge on any atom is 0.191 e. The Kier molecular flexibility index (Phi) is 13.5. The van der Waals surface area contributed by atoms with Gasteiger partial charge in [0, 0.05) is 13.1 Å². The van der Waals surface area contributed by atoms with Gasteiger partial charge in [0.2, 0.25) is 0 Å². The molecule has 0 aromatic rings. The summed E-state index contributed by atoms with van der Waals surface area (Å²) in [6.07, 6.45) is 10.1. The third-order valence-electron chi connectivity index (χ3n) is 3.28. The predicted molar refractivity (Wildman–Crippen MR) is 97.0 cm³/mol. The van der Waals surface area contributed by atoms with Gasteiger partial charge in [0.05, 0.1) is 19.3 Å². The summed E-state index contributed by atoms with van der Waals surface area (Å²) in [7, 11) is 0. The number of rotatable bonds is 7. The van der Waals surface area contributed by atoms with Crippen molar-refractivity contribution in [2.24, 2.45) is 4.99 Å². The second kappa shape index (κ2) is 13.7. The highest BCUT2D eigenvalue weighted by atomic mass is 127. The largest absolute Gasteiger partial charge is 0.376 e. The lowest BCUT2D eigenvalue weighted by Crippen LogP contribution is -2.37. The zero-order chi connectivity index (χ0) is 13.8. The second-order valence-corrected chi connectivity index (χ2v) is 4.91. The smallest absolute Gasteiger partial charge is 0.191 e. The molecule has 0 aliphatic heterocycles. The van der Waals surface area contributed by atoms with E-state index in [1.807, 2.05) is 6.08 Å². The van der Waals surface area contributed by atoms with Gasteiger partial charge >= 0.3 is 0 Å². The summed E-state index contributed by atoms with van der Waals surface area (Å²) in [6.45, 7) is 8.78. The number of nitrogens with one attached hydrogen (secondary N) is 2. The Labute approximate surface area is 140 Å². The van der Waals surface area contributed by atoms with Gasteiger partial charge < -0.3 is 15.4 Å². The highest BCUT2D eigenvalue weighted by Crippen LogP contribution is 2.19. The molecule has 0 atom stereocenters. The van der Waals surface area contributed by atoms with E-state index in [9.17, 15) is 0 Å². The van der Waals surface area contributed by atoms with Gasteiger partial charge in [-0.2, -0.15) is 0 Å². The van der Waals surface area contributed by atoms with Crippen molar-refractivity contribution in [3.8, 4) is 0 Å². The Bertz CT molecular complexity index is 264. The van der Waals surface area contributed by atoms with Crippen LogP contribution in [0.4, 0.5) is 0 Å². The minimum atomic E-state index is 0. The van der Waals surface area contributed by atoms with Crippen LogP contribution >= 0.6 is 24.0 Å². The quantitative estimate of drug-likeness (QED) is 0.174. The van der Waals surface area contributed by atoms with E-state index in [0.717, 1.165) is 25.7 Å². The Morgan fingerprint density at radius 2 is 1.95 bits per heavy atom. The summed E-state index contributed by atoms with van der Waals surface area (Å²) >= 11 is 0. The van der Waals surface area contributed by atoms with Crippen molar-refractivity contribution in [3.05, 3.63) is 12.7 Å². The molecule has 0 unspecified atom stereocenters. The minimum absolute atomic E-state index is 0. The van der Waals surface area contributed by atoms with E-state index in [0.29, 0.717) is 12.6 Å². The second-order valence-electron chi connectivity index (χ2n) is 4.91. The van der Waals surface area contributed by atoms with E-state index < -0.39 is 0 Å². The van der Waals surface area contributed by atoms with Crippen LogP contribution in [0.15, 0.2) is 17.6 Å². The van der Waals surface area contributed by atoms with Gasteiger partial charge in [0.25, 0.3) is 0 Å². The Balaban J connectivity index is 0.00000361. The van der Waals surface area contributed by atoms with E-state index in [4.69, 9.17) is 4.74 Å². The molecule has 1 aliphatic rings. The monoisotopic (exact) mass is 395 g/mol. The van der Waals surface area contributed by atoms with E-state index in [1.165, 1.54) is 38.5 Å². The Morgan fingerprint density at radius 3 is 2.55 bits per heavy atom. The zero-order valence-electron chi connectivity index (χ0n) is 12.7. The summed E-state index contributed by atoms with van der Waals surface area (Å²) in [5, 5.41) is 6.39. The standard InChI is InChI=1S/C15H29N3O.HI/c1-3-11-17-15(16-4-2)18-12-13-19-14-9-7-5-6-8-10-14;/h3,14H,1,4-13H2,2H3,(H2,16,17,18);1H. The van der Waals surface area contributed by atoms with Crippen LogP contribution in [0.5, 0.6) is 0 Å². The van der Waals surface area contributed by atoms with E-state index in [2.05, 4.69) is 29.1 Å². The number of hydrogen-bond donors (Lipinski definition) is 2. The number of halogens is 1. The van der Waals surface area contributed by atoms with Crippen LogP contribution in [-0.4, -0.2) is 38.3 Å². The number of hydrogen-bond acceptors (Lipinski definition) is 2. The maximum absolute atomic E-state index is 5.91. The lowest BCUT2D eigenvalue weighted by Gasteiger charge is -2.15. The molecule has 4 nitrogen and oxygen atoms in total. The molecule has 0 aromatic heterocycles. The molecule has 1 saturated carbocycles. The fourth-order valence-corrected chi connectivity index (χ4v) is 2.30. The van der Waals surface area contributed by atoms with Crippen molar-refractivity contribution < 1.29 is 4.74 Å². The topological polar surface area (TPSA) is 45.7 Å². The highest BCUT2D eigenvalue weighted by molar-refractivity contribution is 14.0. The fourth-order valence-electron chi connectivity index (χ4n) is 2.30. The van der Waals surface area contributed by atoms with Crippen LogP contribution in [0.2, 0.25) is 0 Å². The SMILES string of the molecule is C=CCNC(=NCCOC1CCCCCC1)NCC.I. The van der Waals surface area contributed by atoms with Gasteiger partial charge in [0.15, 0.2) is 5.96 Å². The van der Waals surface area contributed by atoms with Crippen LogP contribution < -0.4 is 10.6 Å². The van der Waals surface area contributed by atoms with Gasteiger partial charge in [-0.05, 0) is 19.8 Å². The molecule has 0 spiro atoms. The van der Waals surface area contributed by atoms with Crippen LogP contribution in [-0.2, 0) is 4.74 Å². The first kappa shape index (κ1) is 19.7. The molecule has 2 N–H and O–H groups in total. The van der Waals surface area contributed by atoms with Gasteiger partial charge in [-0.25, -0.2) is 0 Å². The van der Waals surface area contributed by atoms with Gasteiger partial charge in [-0.1, -0.05) is 31.8 Å². The third-order valence-corrected chi connectivity index (χ3v) is 3.28. The van der Waals surface area contributed by atoms with Crippen molar-refractivity contribution in [2.45, 2.75) is 51.6 Å². The number of aliphatic imine (C=N–C) groups is 1. The van der Waals surface area contributed by atoms with E-state index >= 15 is 0 Å². The average Bonchev–Trinajstić information content (AvgIpc) is 2.69. The molecule has 1 aliphatic carbocycles. The minimum Gasteiger partial charge on any atom is -0.376 e. The lowest BCUT2D eigenvalue weighted by molar-refractivity contribution is 0.0487. The first-order valence-electron chi connectivity index (χ1n) is 7.61. The summed E-state index contributed by atoms with van der Waals surface area (Å²) < 4.78 is 5.91. The third kappa shape index (κ3) is 9.58. The normalized spacial score (nSPS) is 16.9. The van der Waals surface area contributed by atoms with Gasteiger partial charge in [-0.15, -0.1) is 30.6 Å². The van der Waals surface area contributed by atoms with Crippen molar-refractivity contribution in [3.63, 3.8) is 0 Å². The van der Waals surface area contributed by atoms with Crippen molar-refractivity contribution >= 4 is 29.9 Å². The summed E-state index contributed by atoms with van der Waals surface area (Å²) in [6, 6.07) is 0. The summed E-state index contributed by atoms with van der Waals surface area (Å²) in [5.41, 5.74) is 0. The first-order chi connectivity index (χ1) is 9.36. The number of ether oxygens (including phenoxy) is 1. The van der Waals surface area contributed by atoms with Crippen LogP contribution in [0, 0.1) is 0 Å². The van der Waals surface area contributed by atoms with E-state index in [1.54, 1.807) is 0 Å². The van der Waals surface area contributed by atoms with Crippen molar-refractivity contribution in [1.29, 1.82) is 0 Å². The van der Waals surface area contributed by atoms with Crippen molar-refractivity contribution in [1.82, 2.24) is 10.6 Å². The molecule has 0 radical (unpaired) electrons. The summed E-state index contributed by atoms with van der Waals surface area (Å²) in [4.78, 5) is 4.48. The molecule has 5 heteroatoms. The maximum atomic E-state index is 5.91. The van der Waals surface area contributed by atoms with E-state index in [-0.39, 0.29) is 24.0 Å². The molecule has 0 saturated heterocycles. The first-order valence-corrected chi connectivity index (χ1v) is 7.61. The predicted octanol–water partition coefficient (Wildman–Crippen LogP) is 3.08. The lowest BCUT2D eigenvalue weighted by atomic mass is 10.1. The molecule has 118 valence electrons. The molecule has 0 amide bonds. The molecule has 1 rings (SSSR count). The molecule has 0 bridgehead atoms. The molecular weight excluding hydrogens is 365 g/mol.